The molecule has 0 spiro atoms. The van der Waals surface area contributed by atoms with Gasteiger partial charge >= 0.3 is 0 Å². The van der Waals surface area contributed by atoms with Crippen molar-refractivity contribution in [2.45, 2.75) is 19.1 Å². The number of carbonyl (C=O) groups is 1. The quantitative estimate of drug-likeness (QED) is 0.482. The number of nitrogens with zero attached hydrogens (tertiary/aromatic N) is 2. The first-order chi connectivity index (χ1) is 8.25. The van der Waals surface area contributed by atoms with E-state index < -0.39 is 21.0 Å². The lowest BCUT2D eigenvalue weighted by molar-refractivity contribution is -0.115. The van der Waals surface area contributed by atoms with Gasteiger partial charge in [-0.1, -0.05) is 5.16 Å². The highest BCUT2D eigenvalue weighted by Crippen LogP contribution is 2.16. The molecule has 0 fully saturated rings. The number of rotatable bonds is 4. The van der Waals surface area contributed by atoms with Crippen molar-refractivity contribution in [3.63, 3.8) is 0 Å². The van der Waals surface area contributed by atoms with Gasteiger partial charge in [0.05, 0.1) is 0 Å². The summed E-state index contributed by atoms with van der Waals surface area (Å²) in [6.07, 6.45) is 0.993. The van der Waals surface area contributed by atoms with E-state index in [1.807, 2.05) is 0 Å². The molecular weight excluding hydrogens is 278 g/mol. The van der Waals surface area contributed by atoms with E-state index in [1.54, 1.807) is 12.3 Å². The second-order valence-corrected chi connectivity index (χ2v) is 6.91. The number of amides is 1. The molecular formula is C9H13N3O4S2. The van der Waals surface area contributed by atoms with E-state index in [9.17, 15) is 13.2 Å². The predicted octanol–water partition coefficient (Wildman–Crippen LogP) is 0.713. The summed E-state index contributed by atoms with van der Waals surface area (Å²) >= 11 is 1.12. The molecule has 1 unspecified atom stereocenters. The van der Waals surface area contributed by atoms with Crippen LogP contribution in [0.1, 0.15) is 19.5 Å². The zero-order chi connectivity index (χ0) is 13.9. The minimum absolute atomic E-state index is 0.258. The predicted molar refractivity (Wildman–Crippen MR) is 69.0 cm³/mol. The topological polar surface area (TPSA) is 109 Å². The van der Waals surface area contributed by atoms with E-state index in [0.29, 0.717) is 11.4 Å². The minimum atomic E-state index is -3.44. The molecule has 0 aliphatic heterocycles. The molecule has 0 aliphatic rings. The molecule has 0 saturated heterocycles. The third-order valence-corrected chi connectivity index (χ3v) is 4.52. The maximum Gasteiger partial charge on any atom is 0.244 e. The zero-order valence-corrected chi connectivity index (χ0v) is 11.7. The molecule has 1 amide bonds. The summed E-state index contributed by atoms with van der Waals surface area (Å²) in [5, 5.41) is 14.6. The van der Waals surface area contributed by atoms with Gasteiger partial charge in [-0.2, -0.15) is 0 Å². The molecule has 18 heavy (non-hydrogen) atoms. The van der Waals surface area contributed by atoms with Gasteiger partial charge < -0.3 is 10.5 Å². The van der Waals surface area contributed by atoms with Crippen LogP contribution in [0.25, 0.3) is 0 Å². The first-order valence-corrected chi connectivity index (χ1v) is 7.73. The van der Waals surface area contributed by atoms with Crippen molar-refractivity contribution in [1.82, 2.24) is 4.98 Å². The Bertz CT molecular complexity index is 576. The third-order valence-electron chi connectivity index (χ3n) is 2.27. The average molecular weight is 291 g/mol. The molecule has 0 aliphatic carbocycles. The summed E-state index contributed by atoms with van der Waals surface area (Å²) < 4.78 is 22.4. The lowest BCUT2D eigenvalue weighted by Gasteiger charge is -2.07. The SMILES string of the molecule is CC(=NO)c1csc(NC(=O)C(C)S(C)(=O)=O)n1. The van der Waals surface area contributed by atoms with Crippen molar-refractivity contribution in [3.05, 3.63) is 11.1 Å². The van der Waals surface area contributed by atoms with Crippen LogP contribution in [-0.4, -0.2) is 41.7 Å². The Morgan fingerprint density at radius 1 is 1.61 bits per heavy atom. The van der Waals surface area contributed by atoms with Gasteiger partial charge in [-0.3, -0.25) is 4.79 Å². The highest BCUT2D eigenvalue weighted by molar-refractivity contribution is 7.92. The van der Waals surface area contributed by atoms with Crippen molar-refractivity contribution in [2.75, 3.05) is 11.6 Å². The lowest BCUT2D eigenvalue weighted by Crippen LogP contribution is -2.31. The Balaban J connectivity index is 2.81. The van der Waals surface area contributed by atoms with Crippen molar-refractivity contribution >= 4 is 37.9 Å². The van der Waals surface area contributed by atoms with Crippen LogP contribution in [0.5, 0.6) is 0 Å². The maximum absolute atomic E-state index is 11.6. The largest absolute Gasteiger partial charge is 0.411 e. The Labute approximate surface area is 108 Å². The molecule has 1 aromatic heterocycles. The summed E-state index contributed by atoms with van der Waals surface area (Å²) in [5.41, 5.74) is 0.729. The van der Waals surface area contributed by atoms with Crippen molar-refractivity contribution in [3.8, 4) is 0 Å². The zero-order valence-electron chi connectivity index (χ0n) is 10.0. The van der Waals surface area contributed by atoms with Gasteiger partial charge in [0.25, 0.3) is 0 Å². The average Bonchev–Trinajstić information content (AvgIpc) is 2.74. The molecule has 1 aromatic rings. The van der Waals surface area contributed by atoms with Gasteiger partial charge in [0, 0.05) is 11.6 Å². The Kier molecular flexibility index (Phi) is 4.41. The van der Waals surface area contributed by atoms with E-state index in [2.05, 4.69) is 15.5 Å². The van der Waals surface area contributed by atoms with Crippen LogP contribution in [0.15, 0.2) is 10.5 Å². The van der Waals surface area contributed by atoms with E-state index in [1.165, 1.54) is 6.92 Å². The van der Waals surface area contributed by atoms with Gasteiger partial charge in [-0.15, -0.1) is 11.3 Å². The minimum Gasteiger partial charge on any atom is -0.411 e. The third kappa shape index (κ3) is 3.50. The molecule has 0 radical (unpaired) electrons. The highest BCUT2D eigenvalue weighted by atomic mass is 32.2. The van der Waals surface area contributed by atoms with Crippen LogP contribution in [0.4, 0.5) is 5.13 Å². The maximum atomic E-state index is 11.6. The number of aromatic nitrogens is 1. The summed E-state index contributed by atoms with van der Waals surface area (Å²) in [5.74, 6) is -0.642. The van der Waals surface area contributed by atoms with Gasteiger partial charge in [-0.25, -0.2) is 13.4 Å². The molecule has 0 saturated carbocycles. The normalized spacial score (nSPS) is 14.3. The van der Waals surface area contributed by atoms with Crippen molar-refractivity contribution in [2.24, 2.45) is 5.16 Å². The van der Waals surface area contributed by atoms with Crippen LogP contribution in [0.3, 0.4) is 0 Å². The molecule has 1 rings (SSSR count). The standard InChI is InChI=1S/C9H13N3O4S2/c1-5(12-14)7-4-17-9(10-7)11-8(13)6(2)18(3,15)16/h4,6,14H,1-3H3,(H,10,11,13). The van der Waals surface area contributed by atoms with Crippen molar-refractivity contribution < 1.29 is 18.4 Å². The van der Waals surface area contributed by atoms with E-state index in [0.717, 1.165) is 17.6 Å². The Morgan fingerprint density at radius 3 is 2.72 bits per heavy atom. The van der Waals surface area contributed by atoms with Gasteiger partial charge in [0.2, 0.25) is 5.91 Å². The molecule has 9 heteroatoms. The van der Waals surface area contributed by atoms with Crippen LogP contribution in [0, 0.1) is 0 Å². The lowest BCUT2D eigenvalue weighted by atomic mass is 10.3. The fourth-order valence-electron chi connectivity index (χ4n) is 0.950. The molecule has 0 aromatic carbocycles. The van der Waals surface area contributed by atoms with E-state index >= 15 is 0 Å². The summed E-state index contributed by atoms with van der Waals surface area (Å²) in [7, 11) is -3.44. The monoisotopic (exact) mass is 291 g/mol. The van der Waals surface area contributed by atoms with Crippen LogP contribution in [-0.2, 0) is 14.6 Å². The molecule has 7 nitrogen and oxygen atoms in total. The number of nitrogens with one attached hydrogen (secondary N) is 1. The van der Waals surface area contributed by atoms with Crippen molar-refractivity contribution in [1.29, 1.82) is 0 Å². The van der Waals surface area contributed by atoms with Gasteiger partial charge in [0.15, 0.2) is 15.0 Å². The molecule has 0 bridgehead atoms. The number of hydrogen-bond acceptors (Lipinski definition) is 7. The number of thiazole rings is 1. The smallest absolute Gasteiger partial charge is 0.244 e. The number of anilines is 1. The van der Waals surface area contributed by atoms with Gasteiger partial charge in [-0.05, 0) is 13.8 Å². The summed E-state index contributed by atoms with van der Waals surface area (Å²) in [6, 6.07) is 0. The fourth-order valence-corrected chi connectivity index (χ4v) is 2.15. The second kappa shape index (κ2) is 5.44. The summed E-state index contributed by atoms with van der Waals surface area (Å²) in [4.78, 5) is 15.6. The van der Waals surface area contributed by atoms with Crippen LogP contribution < -0.4 is 5.32 Å². The number of sulfone groups is 1. The fraction of sp³-hybridized carbons (Fsp3) is 0.444. The molecule has 1 atom stereocenters. The first-order valence-electron chi connectivity index (χ1n) is 4.90. The van der Waals surface area contributed by atoms with Crippen LogP contribution >= 0.6 is 11.3 Å². The number of hydrogen-bond donors (Lipinski definition) is 2. The van der Waals surface area contributed by atoms with Gasteiger partial charge in [0.1, 0.15) is 16.7 Å². The van der Waals surface area contributed by atoms with Crippen LogP contribution in [0.2, 0.25) is 0 Å². The highest BCUT2D eigenvalue weighted by Gasteiger charge is 2.24. The number of carbonyl (C=O) groups excluding carboxylic acids is 1. The first kappa shape index (κ1) is 14.6. The molecule has 100 valence electrons. The Hall–Kier alpha value is -1.48. The number of oxime groups is 1. The summed E-state index contributed by atoms with van der Waals surface area (Å²) in [6.45, 7) is 2.86. The molecule has 2 N–H and O–H groups in total. The second-order valence-electron chi connectivity index (χ2n) is 3.68. The molecule has 1 heterocycles. The van der Waals surface area contributed by atoms with E-state index in [4.69, 9.17) is 5.21 Å². The van der Waals surface area contributed by atoms with E-state index in [-0.39, 0.29) is 5.13 Å². The Morgan fingerprint density at radius 2 is 2.22 bits per heavy atom.